The van der Waals surface area contributed by atoms with Crippen molar-refractivity contribution in [3.63, 3.8) is 0 Å². The summed E-state index contributed by atoms with van der Waals surface area (Å²) in [6.07, 6.45) is -3.57. The van der Waals surface area contributed by atoms with Crippen LogP contribution >= 0.6 is 23.5 Å². The Balaban J connectivity index is 2.19. The van der Waals surface area contributed by atoms with Crippen LogP contribution in [-0.2, 0) is 31.6 Å². The van der Waals surface area contributed by atoms with Gasteiger partial charge < -0.3 is 29.4 Å². The smallest absolute Gasteiger partial charge is 0.390 e. The maximum absolute atomic E-state index is 12.1. The minimum Gasteiger partial charge on any atom is -0.390 e. The molecule has 0 saturated carbocycles. The van der Waals surface area contributed by atoms with E-state index >= 15 is 0 Å². The molecule has 1 aromatic rings. The molecule has 1 fully saturated rings. The van der Waals surface area contributed by atoms with Crippen LogP contribution in [0.5, 0.6) is 0 Å². The maximum Gasteiger partial charge on any atom is 0.490 e. The number of aliphatic hydroxyl groups is 1. The number of H-pyrrole nitrogens is 1. The number of nitrogens with zero attached hydrogens (tertiary/aromatic N) is 1. The first-order valence-electron chi connectivity index (χ1n) is 8.20. The highest BCUT2D eigenvalue weighted by atomic mass is 31.3. The van der Waals surface area contributed by atoms with Crippen molar-refractivity contribution < 1.29 is 56.3 Å². The zero-order chi connectivity index (χ0) is 23.6. The van der Waals surface area contributed by atoms with Gasteiger partial charge in [0.15, 0.2) is 0 Å². The molecule has 1 saturated heterocycles. The Morgan fingerprint density at radius 1 is 1.23 bits per heavy atom. The summed E-state index contributed by atoms with van der Waals surface area (Å²) in [6.45, 7) is 3.39. The van der Waals surface area contributed by atoms with Crippen molar-refractivity contribution in [3.05, 3.63) is 45.8 Å². The number of aromatic nitrogens is 2. The molecule has 31 heavy (non-hydrogen) atoms. The molecule has 6 atom stereocenters. The second-order valence-electron chi connectivity index (χ2n) is 6.14. The van der Waals surface area contributed by atoms with E-state index in [1.807, 2.05) is 4.98 Å². The Hall–Kier alpha value is -1.25. The Kier molecular flexibility index (Phi) is 8.15. The van der Waals surface area contributed by atoms with Crippen molar-refractivity contribution in [3.8, 4) is 0 Å². The molecule has 2 rings (SSSR count). The normalized spacial score (nSPS) is 26.7. The van der Waals surface area contributed by atoms with Crippen molar-refractivity contribution in [1.29, 1.82) is 0 Å². The van der Waals surface area contributed by atoms with Crippen LogP contribution in [-0.4, -0.2) is 52.5 Å². The van der Waals surface area contributed by atoms with Gasteiger partial charge in [-0.3, -0.25) is 18.9 Å². The van der Waals surface area contributed by atoms with Gasteiger partial charge in [-0.15, -0.1) is 6.58 Å². The standard InChI is InChI=1S/C12H19N2O14P3/c1-2-3-8(26-30(21,22)28-31(23,24)27-29(18,19)20)11-7(15)6-10(25-11)14-5-4-9(16)13-12(14)17/h2,4-5,7-8,10-11,15H,1,3,6H2,(H,21,22)(H,23,24)(H,13,16,17)(H2,18,19,20)/t7-,8?,10+,11-/m0/s1. The molecule has 6 N–H and O–H groups in total. The van der Waals surface area contributed by atoms with Gasteiger partial charge >= 0.3 is 29.2 Å². The van der Waals surface area contributed by atoms with Crippen LogP contribution in [0.4, 0.5) is 0 Å². The summed E-state index contributed by atoms with van der Waals surface area (Å²) in [7, 11) is -16.8. The predicted octanol–water partition coefficient (Wildman–Crippen LogP) is -0.527. The highest BCUT2D eigenvalue weighted by Crippen LogP contribution is 2.66. The van der Waals surface area contributed by atoms with E-state index in [1.165, 1.54) is 6.08 Å². The summed E-state index contributed by atoms with van der Waals surface area (Å²) in [5, 5.41) is 10.3. The number of ether oxygens (including phenoxy) is 1. The number of aliphatic hydroxyl groups excluding tert-OH is 1. The molecule has 2 heterocycles. The summed E-state index contributed by atoms with van der Waals surface area (Å²) >= 11 is 0. The van der Waals surface area contributed by atoms with Crippen LogP contribution in [0.25, 0.3) is 0 Å². The van der Waals surface area contributed by atoms with Crippen LogP contribution in [0.3, 0.4) is 0 Å². The third-order valence-electron chi connectivity index (χ3n) is 3.75. The first-order valence-corrected chi connectivity index (χ1v) is 12.7. The zero-order valence-electron chi connectivity index (χ0n) is 15.4. The molecule has 0 spiro atoms. The van der Waals surface area contributed by atoms with E-state index in [-0.39, 0.29) is 12.8 Å². The summed E-state index contributed by atoms with van der Waals surface area (Å²) in [5.41, 5.74) is -1.52. The average molecular weight is 508 g/mol. The molecule has 0 radical (unpaired) electrons. The van der Waals surface area contributed by atoms with Crippen LogP contribution < -0.4 is 11.2 Å². The molecule has 1 aromatic heterocycles. The lowest BCUT2D eigenvalue weighted by Gasteiger charge is -2.27. The van der Waals surface area contributed by atoms with Crippen LogP contribution in [0, 0.1) is 0 Å². The summed E-state index contributed by atoms with van der Waals surface area (Å²) < 4.78 is 52.7. The van der Waals surface area contributed by atoms with Gasteiger partial charge in [-0.25, -0.2) is 18.5 Å². The SMILES string of the molecule is C=CCC(OP(=O)(O)OP(=O)(O)OP(=O)(O)O)[C@H]1O[C@@H](n2ccc(=O)[nH]c2=O)C[C@@H]1O. The fourth-order valence-corrected chi connectivity index (χ4v) is 5.92. The number of aromatic amines is 1. The minimum absolute atomic E-state index is 0.204. The van der Waals surface area contributed by atoms with E-state index in [1.54, 1.807) is 0 Å². The highest BCUT2D eigenvalue weighted by molar-refractivity contribution is 7.66. The van der Waals surface area contributed by atoms with Crippen LogP contribution in [0.15, 0.2) is 34.5 Å². The van der Waals surface area contributed by atoms with Crippen molar-refractivity contribution in [2.24, 2.45) is 0 Å². The summed E-state index contributed by atoms with van der Waals surface area (Å²) in [6, 6.07) is 1.03. The average Bonchev–Trinajstić information content (AvgIpc) is 2.92. The number of phosphoric acid groups is 3. The molecule has 1 aliphatic heterocycles. The van der Waals surface area contributed by atoms with Crippen LogP contribution in [0.2, 0.25) is 0 Å². The highest BCUT2D eigenvalue weighted by Gasteiger charge is 2.46. The van der Waals surface area contributed by atoms with Crippen molar-refractivity contribution >= 4 is 23.5 Å². The number of phosphoric ester groups is 1. The molecule has 1 aliphatic rings. The second-order valence-corrected chi connectivity index (χ2v) is 10.5. The molecule has 0 aromatic carbocycles. The third-order valence-corrected chi connectivity index (χ3v) is 7.61. The van der Waals surface area contributed by atoms with E-state index in [9.17, 15) is 38.2 Å². The van der Waals surface area contributed by atoms with Crippen molar-refractivity contribution in [1.82, 2.24) is 9.55 Å². The lowest BCUT2D eigenvalue weighted by Crippen LogP contribution is -2.36. The lowest BCUT2D eigenvalue weighted by atomic mass is 10.1. The first kappa shape index (κ1) is 26.0. The molecular formula is C12H19N2O14P3. The van der Waals surface area contributed by atoms with E-state index in [0.29, 0.717) is 0 Å². The van der Waals surface area contributed by atoms with Crippen molar-refractivity contribution in [2.45, 2.75) is 37.4 Å². The van der Waals surface area contributed by atoms with E-state index in [2.05, 4.69) is 15.2 Å². The largest absolute Gasteiger partial charge is 0.490 e. The van der Waals surface area contributed by atoms with Gasteiger partial charge in [-0.1, -0.05) is 6.08 Å². The second kappa shape index (κ2) is 9.71. The number of hydrogen-bond acceptors (Lipinski definition) is 10. The maximum atomic E-state index is 12.1. The Morgan fingerprint density at radius 3 is 2.42 bits per heavy atom. The molecule has 176 valence electrons. The molecule has 0 amide bonds. The molecule has 0 bridgehead atoms. The van der Waals surface area contributed by atoms with E-state index in [4.69, 9.17) is 19.0 Å². The van der Waals surface area contributed by atoms with Gasteiger partial charge in [0, 0.05) is 18.7 Å². The Morgan fingerprint density at radius 2 is 1.87 bits per heavy atom. The molecule has 3 unspecified atom stereocenters. The zero-order valence-corrected chi connectivity index (χ0v) is 18.0. The Bertz CT molecular complexity index is 1060. The lowest BCUT2D eigenvalue weighted by molar-refractivity contribution is -0.0792. The van der Waals surface area contributed by atoms with Gasteiger partial charge in [0.1, 0.15) is 18.4 Å². The number of rotatable bonds is 10. The molecule has 0 aliphatic carbocycles. The monoisotopic (exact) mass is 508 g/mol. The summed E-state index contributed by atoms with van der Waals surface area (Å²) in [4.78, 5) is 61.1. The topological polar surface area (TPSA) is 244 Å². The van der Waals surface area contributed by atoms with E-state index < -0.39 is 59.3 Å². The predicted molar refractivity (Wildman–Crippen MR) is 99.4 cm³/mol. The minimum atomic E-state index is -5.74. The first-order chi connectivity index (χ1) is 14.1. The van der Waals surface area contributed by atoms with Gasteiger partial charge in [0.25, 0.3) is 5.56 Å². The van der Waals surface area contributed by atoms with Crippen LogP contribution in [0.1, 0.15) is 19.1 Å². The number of nitrogens with one attached hydrogen (secondary N) is 1. The number of hydrogen-bond donors (Lipinski definition) is 6. The fourth-order valence-electron chi connectivity index (χ4n) is 2.71. The molecular weight excluding hydrogens is 489 g/mol. The van der Waals surface area contributed by atoms with Gasteiger partial charge in [-0.2, -0.15) is 8.62 Å². The van der Waals surface area contributed by atoms with Crippen molar-refractivity contribution in [2.75, 3.05) is 0 Å². The Labute approximate surface area is 173 Å². The van der Waals surface area contributed by atoms with Gasteiger partial charge in [0.2, 0.25) is 0 Å². The molecule has 16 nitrogen and oxygen atoms in total. The quantitative estimate of drug-likeness (QED) is 0.172. The summed E-state index contributed by atoms with van der Waals surface area (Å²) in [5.74, 6) is 0. The third kappa shape index (κ3) is 7.68. The van der Waals surface area contributed by atoms with E-state index in [0.717, 1.165) is 16.8 Å². The fraction of sp³-hybridized carbons (Fsp3) is 0.500. The van der Waals surface area contributed by atoms with Gasteiger partial charge in [0.05, 0.1) is 6.10 Å². The van der Waals surface area contributed by atoms with Gasteiger partial charge in [-0.05, 0) is 6.42 Å². The molecule has 19 heteroatoms.